The molecule has 0 saturated heterocycles. The van der Waals surface area contributed by atoms with Gasteiger partial charge in [0, 0.05) is 6.42 Å². The molecule has 2 aromatic rings. The molecule has 3 rings (SSSR count). The van der Waals surface area contributed by atoms with Crippen molar-refractivity contribution in [3.05, 3.63) is 51.9 Å². The van der Waals surface area contributed by atoms with E-state index < -0.39 is 0 Å². The van der Waals surface area contributed by atoms with Crippen LogP contribution in [0.1, 0.15) is 28.3 Å². The molecular formula is C14H15NO. The minimum atomic E-state index is -0.355. The summed E-state index contributed by atoms with van der Waals surface area (Å²) >= 11 is 0. The predicted molar refractivity (Wildman–Crippen MR) is 62.7 cm³/mol. The Morgan fingerprint density at radius 3 is 2.56 bits per heavy atom. The zero-order valence-corrected chi connectivity index (χ0v) is 9.57. The van der Waals surface area contributed by atoms with Gasteiger partial charge in [-0.1, -0.05) is 24.3 Å². The molecule has 0 radical (unpaired) electrons. The van der Waals surface area contributed by atoms with Crippen LogP contribution in [0.5, 0.6) is 0 Å². The Kier molecular flexibility index (Phi) is 2.01. The van der Waals surface area contributed by atoms with E-state index in [0.29, 0.717) is 0 Å². The number of benzene rings is 1. The Bertz CT molecular complexity index is 543. The van der Waals surface area contributed by atoms with Gasteiger partial charge in [0.1, 0.15) is 6.04 Å². The Morgan fingerprint density at radius 1 is 1.19 bits per heavy atom. The third-order valence-electron chi connectivity index (χ3n) is 3.65. The van der Waals surface area contributed by atoms with Crippen LogP contribution in [0.15, 0.2) is 29.3 Å². The molecule has 0 bridgehead atoms. The van der Waals surface area contributed by atoms with Gasteiger partial charge in [-0.25, -0.2) is 0 Å². The summed E-state index contributed by atoms with van der Waals surface area (Å²) < 4.78 is 0. The predicted octanol–water partition coefficient (Wildman–Crippen LogP) is 1.74. The summed E-state index contributed by atoms with van der Waals surface area (Å²) in [4.78, 5) is 4.66. The molecule has 2 heteroatoms. The van der Waals surface area contributed by atoms with Crippen LogP contribution in [-0.2, 0) is 6.42 Å². The first-order valence-electron chi connectivity index (χ1n) is 5.70. The number of aliphatic hydroxyl groups excluding tert-OH is 1. The summed E-state index contributed by atoms with van der Waals surface area (Å²) in [5, 5.41) is 11.1. The fourth-order valence-electron chi connectivity index (χ4n) is 2.43. The van der Waals surface area contributed by atoms with Crippen LogP contribution < -0.4 is 5.36 Å². The molecule has 2 atom stereocenters. The molecular weight excluding hydrogens is 198 g/mol. The summed E-state index contributed by atoms with van der Waals surface area (Å²) in [6.07, 6.45) is 0.376. The van der Waals surface area contributed by atoms with Crippen molar-refractivity contribution in [1.29, 1.82) is 0 Å². The zero-order chi connectivity index (χ0) is 11.3. The lowest BCUT2D eigenvalue weighted by atomic mass is 10.1. The minimum Gasteiger partial charge on any atom is -0.390 e. The molecule has 82 valence electrons. The molecule has 0 fully saturated rings. The Labute approximate surface area is 95.0 Å². The Morgan fingerprint density at radius 2 is 1.88 bits per heavy atom. The van der Waals surface area contributed by atoms with Gasteiger partial charge in [-0.3, -0.25) is 4.99 Å². The van der Waals surface area contributed by atoms with Gasteiger partial charge in [-0.05, 0) is 36.1 Å². The van der Waals surface area contributed by atoms with Crippen molar-refractivity contribution in [2.45, 2.75) is 32.4 Å². The average molecular weight is 213 g/mol. The first-order chi connectivity index (χ1) is 7.68. The summed E-state index contributed by atoms with van der Waals surface area (Å²) in [6.45, 7) is 4.17. The Hall–Kier alpha value is -1.41. The van der Waals surface area contributed by atoms with Crippen molar-refractivity contribution in [2.24, 2.45) is 4.99 Å². The first kappa shape index (κ1) is 9.79. The van der Waals surface area contributed by atoms with Crippen molar-refractivity contribution in [2.75, 3.05) is 0 Å². The fraction of sp³-hybridized carbons (Fsp3) is 0.357. The second-order valence-electron chi connectivity index (χ2n) is 4.64. The van der Waals surface area contributed by atoms with Crippen LogP contribution >= 0.6 is 0 Å². The SMILES string of the molecule is Cc1c(C)c1=N[C@H]1c2ccccc2C[C@@H]1O. The van der Waals surface area contributed by atoms with Crippen molar-refractivity contribution in [3.63, 3.8) is 0 Å². The normalized spacial score (nSPS) is 23.7. The van der Waals surface area contributed by atoms with Crippen LogP contribution in [0.3, 0.4) is 0 Å². The fourth-order valence-corrected chi connectivity index (χ4v) is 2.43. The third kappa shape index (κ3) is 1.34. The van der Waals surface area contributed by atoms with E-state index in [1.165, 1.54) is 22.3 Å². The quantitative estimate of drug-likeness (QED) is 0.769. The van der Waals surface area contributed by atoms with Crippen molar-refractivity contribution in [3.8, 4) is 0 Å². The molecule has 0 saturated carbocycles. The molecule has 1 N–H and O–H groups in total. The molecule has 16 heavy (non-hydrogen) atoms. The molecule has 1 aliphatic rings. The molecule has 0 aliphatic heterocycles. The number of aliphatic hydroxyl groups is 1. The van der Waals surface area contributed by atoms with Gasteiger partial charge in [-0.15, -0.1) is 0 Å². The lowest BCUT2D eigenvalue weighted by Crippen LogP contribution is -2.13. The highest BCUT2D eigenvalue weighted by molar-refractivity contribution is 5.39. The summed E-state index contributed by atoms with van der Waals surface area (Å²) in [5.74, 6) is 0. The lowest BCUT2D eigenvalue weighted by molar-refractivity contribution is 0.158. The van der Waals surface area contributed by atoms with Crippen molar-refractivity contribution in [1.82, 2.24) is 0 Å². The number of nitrogens with zero attached hydrogens (tertiary/aromatic N) is 1. The zero-order valence-electron chi connectivity index (χ0n) is 9.57. The van der Waals surface area contributed by atoms with E-state index in [-0.39, 0.29) is 12.1 Å². The summed E-state index contributed by atoms with van der Waals surface area (Å²) in [6, 6.07) is 8.14. The number of hydrogen-bond donors (Lipinski definition) is 1. The molecule has 0 amide bonds. The van der Waals surface area contributed by atoms with Gasteiger partial charge in [0.2, 0.25) is 0 Å². The van der Waals surface area contributed by atoms with Gasteiger partial charge in [0.25, 0.3) is 0 Å². The van der Waals surface area contributed by atoms with Crippen LogP contribution in [0.2, 0.25) is 0 Å². The molecule has 0 heterocycles. The van der Waals surface area contributed by atoms with Crippen molar-refractivity contribution >= 4 is 0 Å². The summed E-state index contributed by atoms with van der Waals surface area (Å²) in [7, 11) is 0. The number of fused-ring (bicyclic) bond motifs is 1. The highest BCUT2D eigenvalue weighted by Gasteiger charge is 2.30. The van der Waals surface area contributed by atoms with E-state index in [1.54, 1.807) is 0 Å². The third-order valence-corrected chi connectivity index (χ3v) is 3.65. The second kappa shape index (κ2) is 3.29. The lowest BCUT2D eigenvalue weighted by Gasteiger charge is -2.09. The summed E-state index contributed by atoms with van der Waals surface area (Å²) in [5.41, 5.74) is 5.00. The van der Waals surface area contributed by atoms with Crippen LogP contribution in [0.25, 0.3) is 0 Å². The highest BCUT2D eigenvalue weighted by atomic mass is 16.3. The van der Waals surface area contributed by atoms with E-state index in [4.69, 9.17) is 0 Å². The molecule has 2 aromatic carbocycles. The smallest absolute Gasteiger partial charge is 0.102 e. The topological polar surface area (TPSA) is 32.6 Å². The van der Waals surface area contributed by atoms with Gasteiger partial charge in [0.15, 0.2) is 0 Å². The number of rotatable bonds is 1. The van der Waals surface area contributed by atoms with Crippen LogP contribution in [-0.4, -0.2) is 11.2 Å². The van der Waals surface area contributed by atoms with Crippen LogP contribution in [0, 0.1) is 13.8 Å². The van der Waals surface area contributed by atoms with E-state index in [2.05, 4.69) is 31.0 Å². The molecule has 0 spiro atoms. The molecule has 0 unspecified atom stereocenters. The molecule has 1 aliphatic carbocycles. The second-order valence-corrected chi connectivity index (χ2v) is 4.64. The maximum absolute atomic E-state index is 10.0. The monoisotopic (exact) mass is 213 g/mol. The van der Waals surface area contributed by atoms with E-state index >= 15 is 0 Å². The first-order valence-corrected chi connectivity index (χ1v) is 5.70. The largest absolute Gasteiger partial charge is 0.390 e. The van der Waals surface area contributed by atoms with E-state index in [9.17, 15) is 5.11 Å². The standard InChI is InChI=1S/C14H15NO/c1-8-9(2)13(8)15-14-11-6-4-3-5-10(11)7-12(14)16/h3-6,12,14,16H,7H2,1-2H3/t12-,14-/m0/s1. The Balaban J connectivity index is 2.04. The molecule has 2 nitrogen and oxygen atoms in total. The van der Waals surface area contributed by atoms with Crippen molar-refractivity contribution < 1.29 is 5.11 Å². The number of hydrogen-bond acceptors (Lipinski definition) is 2. The van der Waals surface area contributed by atoms with Crippen LogP contribution in [0.4, 0.5) is 0 Å². The average Bonchev–Trinajstić information content (AvgIpc) is 2.71. The minimum absolute atomic E-state index is 0.0569. The van der Waals surface area contributed by atoms with Gasteiger partial charge >= 0.3 is 0 Å². The van der Waals surface area contributed by atoms with Gasteiger partial charge in [-0.2, -0.15) is 0 Å². The van der Waals surface area contributed by atoms with E-state index in [1.807, 2.05) is 12.1 Å². The highest BCUT2D eigenvalue weighted by Crippen LogP contribution is 2.34. The maximum Gasteiger partial charge on any atom is 0.102 e. The molecule has 0 aromatic heterocycles. The van der Waals surface area contributed by atoms with Gasteiger partial charge in [0.05, 0.1) is 11.5 Å². The van der Waals surface area contributed by atoms with E-state index in [0.717, 1.165) is 11.8 Å². The maximum atomic E-state index is 10.0. The van der Waals surface area contributed by atoms with Gasteiger partial charge < -0.3 is 5.11 Å².